The fourth-order valence-electron chi connectivity index (χ4n) is 3.30. The quantitative estimate of drug-likeness (QED) is 0.648. The Morgan fingerprint density at radius 3 is 2.30 bits per heavy atom. The minimum atomic E-state index is -0.136. The molecule has 2 aliphatic rings. The van der Waals surface area contributed by atoms with Crippen LogP contribution in [0.3, 0.4) is 0 Å². The third-order valence-corrected chi connectivity index (χ3v) is 8.59. The van der Waals surface area contributed by atoms with E-state index in [0.717, 1.165) is 41.9 Å². The maximum Gasteiger partial charge on any atom is 0.272 e. The van der Waals surface area contributed by atoms with Crippen molar-refractivity contribution in [2.75, 3.05) is 11.5 Å². The van der Waals surface area contributed by atoms with Crippen LogP contribution in [0.4, 0.5) is 0 Å². The fourth-order valence-corrected chi connectivity index (χ4v) is 7.10. The molecule has 27 heavy (non-hydrogen) atoms. The number of thiazole rings is 1. The van der Waals surface area contributed by atoms with E-state index in [2.05, 4.69) is 30.3 Å². The fraction of sp³-hybridized carbons (Fsp3) is 0.143. The molecule has 2 aliphatic heterocycles. The number of benzene rings is 2. The van der Waals surface area contributed by atoms with Gasteiger partial charge in [-0.1, -0.05) is 72.0 Å². The van der Waals surface area contributed by atoms with Crippen molar-refractivity contribution in [2.45, 2.75) is 6.04 Å². The lowest BCUT2D eigenvalue weighted by molar-refractivity contribution is 0.644. The Balaban J connectivity index is 1.78. The van der Waals surface area contributed by atoms with Gasteiger partial charge in [0, 0.05) is 11.5 Å². The van der Waals surface area contributed by atoms with Gasteiger partial charge in [0.25, 0.3) is 5.56 Å². The predicted octanol–water partition coefficient (Wildman–Crippen LogP) is 3.72. The van der Waals surface area contributed by atoms with Crippen LogP contribution in [0.5, 0.6) is 0 Å². The SMILES string of the molecule is O=c1c(=C2SCCS2)sc2n1C(c1ccccc1)C=C(c1ccccc1)N=2. The first-order chi connectivity index (χ1) is 13.3. The molecule has 3 nitrogen and oxygen atoms in total. The Bertz CT molecular complexity index is 1190. The van der Waals surface area contributed by atoms with Crippen molar-refractivity contribution in [3.05, 3.63) is 97.6 Å². The van der Waals surface area contributed by atoms with Crippen molar-refractivity contribution >= 4 is 44.8 Å². The zero-order valence-corrected chi connectivity index (χ0v) is 16.8. The predicted molar refractivity (Wildman–Crippen MR) is 117 cm³/mol. The average molecular weight is 409 g/mol. The summed E-state index contributed by atoms with van der Waals surface area (Å²) in [5.74, 6) is 2.14. The molecule has 3 heterocycles. The molecule has 0 bridgehead atoms. The maximum absolute atomic E-state index is 13.3. The minimum Gasteiger partial charge on any atom is -0.272 e. The molecule has 134 valence electrons. The molecule has 6 heteroatoms. The van der Waals surface area contributed by atoms with Gasteiger partial charge in [0.2, 0.25) is 0 Å². The van der Waals surface area contributed by atoms with Gasteiger partial charge in [-0.15, -0.1) is 23.5 Å². The second-order valence-corrected chi connectivity index (χ2v) is 9.70. The van der Waals surface area contributed by atoms with Crippen molar-refractivity contribution in [3.8, 4) is 0 Å². The Labute approximate surface area is 169 Å². The average Bonchev–Trinajstić information content (AvgIpc) is 3.37. The second kappa shape index (κ2) is 7.19. The van der Waals surface area contributed by atoms with E-state index in [1.54, 1.807) is 23.5 Å². The number of hydrogen-bond donors (Lipinski definition) is 0. The zero-order valence-electron chi connectivity index (χ0n) is 14.4. The third kappa shape index (κ3) is 3.12. The summed E-state index contributed by atoms with van der Waals surface area (Å²) in [6.07, 6.45) is 2.11. The van der Waals surface area contributed by atoms with Gasteiger partial charge in [0.15, 0.2) is 4.80 Å². The summed E-state index contributed by atoms with van der Waals surface area (Å²) in [6, 6.07) is 20.2. The molecule has 1 aromatic heterocycles. The van der Waals surface area contributed by atoms with Gasteiger partial charge in [-0.3, -0.25) is 9.36 Å². The van der Waals surface area contributed by atoms with E-state index in [1.165, 1.54) is 11.3 Å². The van der Waals surface area contributed by atoms with E-state index >= 15 is 0 Å². The first-order valence-electron chi connectivity index (χ1n) is 8.73. The highest BCUT2D eigenvalue weighted by Crippen LogP contribution is 2.36. The van der Waals surface area contributed by atoms with Gasteiger partial charge in [-0.05, 0) is 17.2 Å². The first-order valence-corrected chi connectivity index (χ1v) is 11.5. The highest BCUT2D eigenvalue weighted by molar-refractivity contribution is 8.32. The zero-order chi connectivity index (χ0) is 18.2. The van der Waals surface area contributed by atoms with Crippen molar-refractivity contribution in [1.82, 2.24) is 4.57 Å². The van der Waals surface area contributed by atoms with Gasteiger partial charge < -0.3 is 0 Å². The summed E-state index contributed by atoms with van der Waals surface area (Å²) in [5.41, 5.74) is 3.18. The van der Waals surface area contributed by atoms with E-state index < -0.39 is 0 Å². The highest BCUT2D eigenvalue weighted by atomic mass is 32.2. The summed E-state index contributed by atoms with van der Waals surface area (Å²) in [4.78, 5) is 18.9. The van der Waals surface area contributed by atoms with Gasteiger partial charge in [0.05, 0.1) is 16.0 Å². The standard InChI is InChI=1S/C21H16N2OS3/c24-19-18(20-25-11-12-26-20)27-21-22-16(14-7-3-1-4-8-14)13-17(23(19)21)15-9-5-2-6-10-15/h1-10,13,17H,11-12H2. The summed E-state index contributed by atoms with van der Waals surface area (Å²) < 4.78 is 3.84. The van der Waals surface area contributed by atoms with Crippen LogP contribution < -0.4 is 14.9 Å². The number of allylic oxidation sites excluding steroid dienone is 1. The molecule has 1 unspecified atom stereocenters. The first kappa shape index (κ1) is 17.1. The molecule has 0 N–H and O–H groups in total. The van der Waals surface area contributed by atoms with E-state index in [-0.39, 0.29) is 11.6 Å². The Hall–Kier alpha value is -2.02. The summed E-state index contributed by atoms with van der Waals surface area (Å²) in [7, 11) is 0. The Kier molecular flexibility index (Phi) is 4.55. The lowest BCUT2D eigenvalue weighted by Crippen LogP contribution is -2.36. The maximum atomic E-state index is 13.3. The van der Waals surface area contributed by atoms with Crippen LogP contribution in [0.25, 0.3) is 9.93 Å². The molecule has 0 amide bonds. The molecule has 5 rings (SSSR count). The Morgan fingerprint density at radius 1 is 0.926 bits per heavy atom. The molecule has 1 atom stereocenters. The number of thioether (sulfide) groups is 2. The van der Waals surface area contributed by atoms with Gasteiger partial charge in [-0.25, -0.2) is 4.99 Å². The largest absolute Gasteiger partial charge is 0.272 e. The number of rotatable bonds is 2. The molecule has 1 fully saturated rings. The molecular formula is C21H16N2OS3. The lowest BCUT2D eigenvalue weighted by Gasteiger charge is -2.19. The lowest BCUT2D eigenvalue weighted by atomic mass is 10.0. The highest BCUT2D eigenvalue weighted by Gasteiger charge is 2.24. The van der Waals surface area contributed by atoms with E-state index in [0.29, 0.717) is 0 Å². The van der Waals surface area contributed by atoms with Crippen LogP contribution >= 0.6 is 34.9 Å². The van der Waals surface area contributed by atoms with Crippen molar-refractivity contribution in [1.29, 1.82) is 0 Å². The Morgan fingerprint density at radius 2 is 1.59 bits per heavy atom. The molecule has 0 aliphatic carbocycles. The van der Waals surface area contributed by atoms with Crippen LogP contribution in [0.15, 0.2) is 76.5 Å². The monoisotopic (exact) mass is 408 g/mol. The van der Waals surface area contributed by atoms with Gasteiger partial charge in [0.1, 0.15) is 4.53 Å². The van der Waals surface area contributed by atoms with Crippen LogP contribution in [0.1, 0.15) is 17.2 Å². The number of fused-ring (bicyclic) bond motifs is 1. The topological polar surface area (TPSA) is 34.4 Å². The summed E-state index contributed by atoms with van der Waals surface area (Å²) in [5, 5.41) is 0. The third-order valence-electron chi connectivity index (χ3n) is 4.57. The van der Waals surface area contributed by atoms with E-state index in [1.807, 2.05) is 41.0 Å². The molecule has 0 spiro atoms. The van der Waals surface area contributed by atoms with E-state index in [9.17, 15) is 4.79 Å². The smallest absolute Gasteiger partial charge is 0.272 e. The van der Waals surface area contributed by atoms with Crippen LogP contribution in [-0.2, 0) is 0 Å². The van der Waals surface area contributed by atoms with Gasteiger partial charge >= 0.3 is 0 Å². The summed E-state index contributed by atoms with van der Waals surface area (Å²) in [6.45, 7) is 0. The molecule has 2 aromatic carbocycles. The molecule has 1 saturated heterocycles. The minimum absolute atomic E-state index is 0.0767. The molecular weight excluding hydrogens is 392 g/mol. The van der Waals surface area contributed by atoms with Crippen LogP contribution in [-0.4, -0.2) is 16.1 Å². The normalized spacial score (nSPS) is 18.7. The number of nitrogens with zero attached hydrogens (tertiary/aromatic N) is 2. The van der Waals surface area contributed by atoms with E-state index in [4.69, 9.17) is 4.99 Å². The molecule has 0 saturated carbocycles. The van der Waals surface area contributed by atoms with Crippen LogP contribution in [0, 0.1) is 0 Å². The molecule has 3 aromatic rings. The van der Waals surface area contributed by atoms with Crippen molar-refractivity contribution in [3.63, 3.8) is 0 Å². The number of aromatic nitrogens is 1. The van der Waals surface area contributed by atoms with Crippen LogP contribution in [0.2, 0.25) is 0 Å². The van der Waals surface area contributed by atoms with Gasteiger partial charge in [-0.2, -0.15) is 0 Å². The molecule has 0 radical (unpaired) electrons. The summed E-state index contributed by atoms with van der Waals surface area (Å²) >= 11 is 5.09. The second-order valence-electron chi connectivity index (χ2n) is 6.26. The van der Waals surface area contributed by atoms with Crippen molar-refractivity contribution < 1.29 is 0 Å². The van der Waals surface area contributed by atoms with Crippen molar-refractivity contribution in [2.24, 2.45) is 4.99 Å². The number of hydrogen-bond acceptors (Lipinski definition) is 5.